The minimum atomic E-state index is -0.337. The van der Waals surface area contributed by atoms with E-state index in [1.165, 1.54) is 6.26 Å². The molecule has 0 bridgehead atoms. The van der Waals surface area contributed by atoms with Crippen LogP contribution in [-0.4, -0.2) is 10.9 Å². The molecule has 5 nitrogen and oxygen atoms in total. The molecule has 110 valence electrons. The molecule has 0 aliphatic carbocycles. The van der Waals surface area contributed by atoms with Crippen molar-refractivity contribution in [3.05, 3.63) is 71.8 Å². The SMILES string of the molecule is O=C(Nc1ccc(Nc2ccc(Cl)cc2)cn1)c1ccco1. The minimum Gasteiger partial charge on any atom is -0.459 e. The van der Waals surface area contributed by atoms with Gasteiger partial charge in [-0.2, -0.15) is 0 Å². The maximum absolute atomic E-state index is 11.8. The predicted octanol–water partition coefficient (Wildman–Crippen LogP) is 4.32. The number of halogens is 1. The summed E-state index contributed by atoms with van der Waals surface area (Å²) >= 11 is 5.84. The van der Waals surface area contributed by atoms with Crippen molar-refractivity contribution in [3.8, 4) is 0 Å². The van der Waals surface area contributed by atoms with Gasteiger partial charge in [0, 0.05) is 10.7 Å². The van der Waals surface area contributed by atoms with Crippen molar-refractivity contribution in [1.82, 2.24) is 4.98 Å². The van der Waals surface area contributed by atoms with E-state index in [0.29, 0.717) is 10.8 Å². The second-order valence-electron chi connectivity index (χ2n) is 4.50. The molecule has 0 atom stereocenters. The lowest BCUT2D eigenvalue weighted by Gasteiger charge is -2.07. The Bertz CT molecular complexity index is 753. The molecule has 0 radical (unpaired) electrons. The Morgan fingerprint density at radius 3 is 2.45 bits per heavy atom. The number of rotatable bonds is 4. The smallest absolute Gasteiger partial charge is 0.292 e. The Hall–Kier alpha value is -2.79. The highest BCUT2D eigenvalue weighted by atomic mass is 35.5. The molecule has 2 heterocycles. The van der Waals surface area contributed by atoms with Gasteiger partial charge in [0.15, 0.2) is 5.76 Å². The molecule has 2 N–H and O–H groups in total. The van der Waals surface area contributed by atoms with Gasteiger partial charge in [-0.15, -0.1) is 0 Å². The molecule has 6 heteroatoms. The molecule has 1 amide bonds. The van der Waals surface area contributed by atoms with Crippen molar-refractivity contribution in [2.45, 2.75) is 0 Å². The van der Waals surface area contributed by atoms with Crippen molar-refractivity contribution >= 4 is 34.7 Å². The first-order chi connectivity index (χ1) is 10.7. The number of anilines is 3. The second kappa shape index (κ2) is 6.32. The van der Waals surface area contributed by atoms with Crippen LogP contribution in [-0.2, 0) is 0 Å². The van der Waals surface area contributed by atoms with E-state index >= 15 is 0 Å². The Balaban J connectivity index is 1.65. The van der Waals surface area contributed by atoms with Gasteiger partial charge in [-0.1, -0.05) is 11.6 Å². The Labute approximate surface area is 131 Å². The van der Waals surface area contributed by atoms with Crippen molar-refractivity contribution in [2.75, 3.05) is 10.6 Å². The largest absolute Gasteiger partial charge is 0.459 e. The van der Waals surface area contributed by atoms with Gasteiger partial charge < -0.3 is 15.1 Å². The van der Waals surface area contributed by atoms with E-state index in [4.69, 9.17) is 16.0 Å². The van der Waals surface area contributed by atoms with Crippen LogP contribution in [0.4, 0.5) is 17.2 Å². The van der Waals surface area contributed by atoms with Crippen LogP contribution in [0.1, 0.15) is 10.6 Å². The first-order valence-electron chi connectivity index (χ1n) is 6.54. The number of benzene rings is 1. The van der Waals surface area contributed by atoms with Crippen molar-refractivity contribution in [3.63, 3.8) is 0 Å². The monoisotopic (exact) mass is 313 g/mol. The van der Waals surface area contributed by atoms with Gasteiger partial charge in [0.2, 0.25) is 0 Å². The summed E-state index contributed by atoms with van der Waals surface area (Å²) in [5.74, 6) is 0.351. The summed E-state index contributed by atoms with van der Waals surface area (Å²) < 4.78 is 5.02. The molecule has 0 aliphatic rings. The topological polar surface area (TPSA) is 67.2 Å². The average Bonchev–Trinajstić information content (AvgIpc) is 3.06. The third kappa shape index (κ3) is 3.45. The van der Waals surface area contributed by atoms with Crippen LogP contribution in [0.15, 0.2) is 65.4 Å². The van der Waals surface area contributed by atoms with Gasteiger partial charge >= 0.3 is 0 Å². The normalized spacial score (nSPS) is 10.2. The molecule has 2 aromatic heterocycles. The molecule has 22 heavy (non-hydrogen) atoms. The standard InChI is InChI=1S/C16H12ClN3O2/c17-11-3-5-12(6-4-11)19-13-7-8-15(18-10-13)20-16(21)14-2-1-9-22-14/h1-10,19H,(H,18,20,21). The highest BCUT2D eigenvalue weighted by Crippen LogP contribution is 2.19. The van der Waals surface area contributed by atoms with E-state index in [2.05, 4.69) is 15.6 Å². The molecule has 0 unspecified atom stereocenters. The number of pyridine rings is 1. The summed E-state index contributed by atoms with van der Waals surface area (Å²) in [5.41, 5.74) is 1.71. The van der Waals surface area contributed by atoms with Crippen molar-refractivity contribution < 1.29 is 9.21 Å². The van der Waals surface area contributed by atoms with Crippen LogP contribution in [0.2, 0.25) is 5.02 Å². The van der Waals surface area contributed by atoms with Crippen LogP contribution in [0.5, 0.6) is 0 Å². The molecule has 0 saturated carbocycles. The maximum Gasteiger partial charge on any atom is 0.292 e. The van der Waals surface area contributed by atoms with Gasteiger partial charge in [0.05, 0.1) is 18.1 Å². The first kappa shape index (κ1) is 14.2. The average molecular weight is 314 g/mol. The third-order valence-electron chi connectivity index (χ3n) is 2.88. The molecule has 0 spiro atoms. The summed E-state index contributed by atoms with van der Waals surface area (Å²) in [6.07, 6.45) is 3.08. The number of amides is 1. The lowest BCUT2D eigenvalue weighted by atomic mass is 10.3. The Morgan fingerprint density at radius 1 is 1.05 bits per heavy atom. The lowest BCUT2D eigenvalue weighted by molar-refractivity contribution is 0.0996. The van der Waals surface area contributed by atoms with Gasteiger partial charge in [-0.25, -0.2) is 4.98 Å². The summed E-state index contributed by atoms with van der Waals surface area (Å²) in [4.78, 5) is 16.0. The fraction of sp³-hybridized carbons (Fsp3) is 0. The molecule has 0 aliphatic heterocycles. The number of nitrogens with zero attached hydrogens (tertiary/aromatic N) is 1. The fourth-order valence-electron chi connectivity index (χ4n) is 1.83. The number of aromatic nitrogens is 1. The van der Waals surface area contributed by atoms with E-state index in [1.54, 1.807) is 36.5 Å². The summed E-state index contributed by atoms with van der Waals surface area (Å²) in [7, 11) is 0. The third-order valence-corrected chi connectivity index (χ3v) is 3.13. The van der Waals surface area contributed by atoms with Crippen molar-refractivity contribution in [2.24, 2.45) is 0 Å². The number of carbonyl (C=O) groups is 1. The minimum absolute atomic E-state index is 0.241. The van der Waals surface area contributed by atoms with Crippen molar-refractivity contribution in [1.29, 1.82) is 0 Å². The highest BCUT2D eigenvalue weighted by Gasteiger charge is 2.09. The molecular weight excluding hydrogens is 302 g/mol. The van der Waals surface area contributed by atoms with E-state index in [1.807, 2.05) is 18.2 Å². The summed E-state index contributed by atoms with van der Waals surface area (Å²) in [6.45, 7) is 0. The van der Waals surface area contributed by atoms with Crippen LogP contribution in [0.25, 0.3) is 0 Å². The second-order valence-corrected chi connectivity index (χ2v) is 4.93. The molecule has 1 aromatic carbocycles. The number of furan rings is 1. The van der Waals surface area contributed by atoms with Crippen LogP contribution >= 0.6 is 11.6 Å². The lowest BCUT2D eigenvalue weighted by Crippen LogP contribution is -2.11. The summed E-state index contributed by atoms with van der Waals surface area (Å²) in [5, 5.41) is 6.52. The molecule has 3 rings (SSSR count). The number of nitrogens with one attached hydrogen (secondary N) is 2. The van der Waals surface area contributed by atoms with E-state index in [-0.39, 0.29) is 11.7 Å². The van der Waals surface area contributed by atoms with Gasteiger partial charge in [0.25, 0.3) is 5.91 Å². The van der Waals surface area contributed by atoms with Crippen LogP contribution in [0.3, 0.4) is 0 Å². The molecule has 3 aromatic rings. The zero-order valence-corrected chi connectivity index (χ0v) is 12.2. The number of carbonyl (C=O) groups excluding carboxylic acids is 1. The van der Waals surface area contributed by atoms with E-state index in [0.717, 1.165) is 11.4 Å². The molecular formula is C16H12ClN3O2. The van der Waals surface area contributed by atoms with Gasteiger partial charge in [0.1, 0.15) is 5.82 Å². The maximum atomic E-state index is 11.8. The highest BCUT2D eigenvalue weighted by molar-refractivity contribution is 6.30. The zero-order valence-electron chi connectivity index (χ0n) is 11.4. The molecule has 0 fully saturated rings. The van der Waals surface area contributed by atoms with Gasteiger partial charge in [-0.05, 0) is 48.5 Å². The Kier molecular flexibility index (Phi) is 4.07. The number of hydrogen-bond donors (Lipinski definition) is 2. The molecule has 0 saturated heterocycles. The number of hydrogen-bond acceptors (Lipinski definition) is 4. The Morgan fingerprint density at radius 2 is 1.82 bits per heavy atom. The quantitative estimate of drug-likeness (QED) is 0.752. The predicted molar refractivity (Wildman–Crippen MR) is 85.6 cm³/mol. The van der Waals surface area contributed by atoms with Crippen LogP contribution in [0, 0.1) is 0 Å². The van der Waals surface area contributed by atoms with E-state index in [9.17, 15) is 4.79 Å². The van der Waals surface area contributed by atoms with Gasteiger partial charge in [-0.3, -0.25) is 4.79 Å². The zero-order chi connectivity index (χ0) is 15.4. The van der Waals surface area contributed by atoms with E-state index < -0.39 is 0 Å². The first-order valence-corrected chi connectivity index (χ1v) is 6.92. The summed E-state index contributed by atoms with van der Waals surface area (Å²) in [6, 6.07) is 14.1. The van der Waals surface area contributed by atoms with Crippen LogP contribution < -0.4 is 10.6 Å². The fourth-order valence-corrected chi connectivity index (χ4v) is 1.95.